The van der Waals surface area contributed by atoms with Crippen molar-refractivity contribution in [2.45, 2.75) is 13.1 Å². The van der Waals surface area contributed by atoms with Crippen molar-refractivity contribution in [3.63, 3.8) is 0 Å². The van der Waals surface area contributed by atoms with Crippen LogP contribution in [0.3, 0.4) is 0 Å². The Morgan fingerprint density at radius 1 is 1.31 bits per heavy atom. The van der Waals surface area contributed by atoms with E-state index in [1.54, 1.807) is 31.3 Å². The number of non-ortho nitro benzene ring substituents is 1. The Morgan fingerprint density at radius 3 is 2.69 bits per heavy atom. The van der Waals surface area contributed by atoms with Crippen LogP contribution in [-0.4, -0.2) is 37.0 Å². The molecule has 8 heteroatoms. The minimum atomic E-state index is -0.428. The van der Waals surface area contributed by atoms with Crippen molar-refractivity contribution in [1.82, 2.24) is 10.2 Å². The van der Waals surface area contributed by atoms with Gasteiger partial charge in [-0.25, -0.2) is 4.39 Å². The van der Waals surface area contributed by atoms with Crippen LogP contribution < -0.4 is 10.1 Å². The van der Waals surface area contributed by atoms with Crippen LogP contribution in [0, 0.1) is 15.9 Å². The number of benzene rings is 2. The third-order valence-electron chi connectivity index (χ3n) is 3.78. The largest absolute Gasteiger partial charge is 0.494 e. The van der Waals surface area contributed by atoms with Crippen LogP contribution in [0.15, 0.2) is 47.5 Å². The van der Waals surface area contributed by atoms with Crippen LogP contribution in [0.4, 0.5) is 10.1 Å². The van der Waals surface area contributed by atoms with Crippen molar-refractivity contribution >= 4 is 11.6 Å². The summed E-state index contributed by atoms with van der Waals surface area (Å²) in [6, 6.07) is 11.2. The minimum Gasteiger partial charge on any atom is -0.494 e. The average molecular weight is 360 g/mol. The zero-order chi connectivity index (χ0) is 19.1. The molecule has 0 radical (unpaired) electrons. The van der Waals surface area contributed by atoms with E-state index in [9.17, 15) is 14.5 Å². The van der Waals surface area contributed by atoms with E-state index in [0.29, 0.717) is 19.0 Å². The molecule has 0 saturated carbocycles. The van der Waals surface area contributed by atoms with Gasteiger partial charge in [0.2, 0.25) is 0 Å². The fraction of sp³-hybridized carbons (Fsp3) is 0.278. The van der Waals surface area contributed by atoms with Crippen molar-refractivity contribution in [2.75, 3.05) is 21.2 Å². The van der Waals surface area contributed by atoms with E-state index < -0.39 is 10.7 Å². The summed E-state index contributed by atoms with van der Waals surface area (Å²) in [7, 11) is 4.88. The Bertz CT molecular complexity index is 811. The number of rotatable bonds is 6. The maximum atomic E-state index is 13.8. The second-order valence-electron chi connectivity index (χ2n) is 5.65. The molecule has 0 fully saturated rings. The molecule has 0 atom stereocenters. The number of halogens is 1. The van der Waals surface area contributed by atoms with E-state index in [0.717, 1.165) is 11.1 Å². The third kappa shape index (κ3) is 4.92. The third-order valence-corrected chi connectivity index (χ3v) is 3.78. The summed E-state index contributed by atoms with van der Waals surface area (Å²) < 4.78 is 18.7. The first-order valence-electron chi connectivity index (χ1n) is 7.92. The van der Waals surface area contributed by atoms with E-state index in [1.165, 1.54) is 25.3 Å². The summed E-state index contributed by atoms with van der Waals surface area (Å²) in [4.78, 5) is 16.4. The number of aliphatic imine (C=N–C) groups is 1. The Kier molecular flexibility index (Phi) is 6.48. The van der Waals surface area contributed by atoms with Gasteiger partial charge >= 0.3 is 0 Å². The lowest BCUT2D eigenvalue weighted by Gasteiger charge is -2.22. The number of ether oxygens (including phenoxy) is 1. The van der Waals surface area contributed by atoms with Gasteiger partial charge in [0, 0.05) is 39.3 Å². The molecule has 0 spiro atoms. The number of nitro groups is 1. The lowest BCUT2D eigenvalue weighted by atomic mass is 10.2. The normalized spacial score (nSPS) is 11.2. The summed E-state index contributed by atoms with van der Waals surface area (Å²) in [5.74, 6) is 0.371. The summed E-state index contributed by atoms with van der Waals surface area (Å²) in [5, 5.41) is 14.0. The number of nitrogens with zero attached hydrogens (tertiary/aromatic N) is 3. The topological polar surface area (TPSA) is 80.0 Å². The van der Waals surface area contributed by atoms with Gasteiger partial charge in [0.25, 0.3) is 5.69 Å². The van der Waals surface area contributed by atoms with Gasteiger partial charge in [0.15, 0.2) is 17.5 Å². The van der Waals surface area contributed by atoms with E-state index in [4.69, 9.17) is 4.74 Å². The number of nitro benzene ring substituents is 1. The molecule has 0 aliphatic rings. The molecule has 0 heterocycles. The highest BCUT2D eigenvalue weighted by atomic mass is 19.1. The number of nitrogens with one attached hydrogen (secondary N) is 1. The molecule has 7 nitrogen and oxygen atoms in total. The fourth-order valence-corrected chi connectivity index (χ4v) is 2.50. The second kappa shape index (κ2) is 8.80. The predicted molar refractivity (Wildman–Crippen MR) is 97.7 cm³/mol. The second-order valence-corrected chi connectivity index (χ2v) is 5.65. The van der Waals surface area contributed by atoms with Gasteiger partial charge in [-0.15, -0.1) is 0 Å². The van der Waals surface area contributed by atoms with Gasteiger partial charge in [0.1, 0.15) is 0 Å². The minimum absolute atomic E-state index is 0.0429. The van der Waals surface area contributed by atoms with E-state index in [-0.39, 0.29) is 11.4 Å². The molecule has 26 heavy (non-hydrogen) atoms. The first-order chi connectivity index (χ1) is 12.4. The summed E-state index contributed by atoms with van der Waals surface area (Å²) >= 11 is 0. The first kappa shape index (κ1) is 19.2. The summed E-state index contributed by atoms with van der Waals surface area (Å²) in [5.41, 5.74) is 1.58. The Balaban J connectivity index is 2.00. The van der Waals surface area contributed by atoms with Gasteiger partial charge in [-0.2, -0.15) is 0 Å². The van der Waals surface area contributed by atoms with Crippen molar-refractivity contribution in [3.05, 3.63) is 69.5 Å². The molecule has 2 aromatic carbocycles. The SMILES string of the molecule is CN=C(NCc1cccc([N+](=O)[O-])c1)N(C)Cc1ccc(OC)c(F)c1. The number of hydrogen-bond donors (Lipinski definition) is 1. The number of hydrogen-bond acceptors (Lipinski definition) is 4. The highest BCUT2D eigenvalue weighted by molar-refractivity contribution is 5.79. The van der Waals surface area contributed by atoms with Crippen LogP contribution >= 0.6 is 0 Å². The molecule has 0 aliphatic carbocycles. The van der Waals surface area contributed by atoms with Crippen molar-refractivity contribution in [1.29, 1.82) is 0 Å². The average Bonchev–Trinajstić information content (AvgIpc) is 2.62. The molecular formula is C18H21FN4O3. The molecule has 2 rings (SSSR count). The molecule has 0 aromatic heterocycles. The molecule has 0 amide bonds. The van der Waals surface area contributed by atoms with Gasteiger partial charge in [-0.1, -0.05) is 18.2 Å². The van der Waals surface area contributed by atoms with Crippen LogP contribution in [0.25, 0.3) is 0 Å². The zero-order valence-corrected chi connectivity index (χ0v) is 14.9. The molecule has 0 saturated heterocycles. The highest BCUT2D eigenvalue weighted by Gasteiger charge is 2.10. The van der Waals surface area contributed by atoms with E-state index >= 15 is 0 Å². The lowest BCUT2D eigenvalue weighted by molar-refractivity contribution is -0.384. The molecule has 0 aliphatic heterocycles. The van der Waals surface area contributed by atoms with Crippen LogP contribution in [0.1, 0.15) is 11.1 Å². The van der Waals surface area contributed by atoms with Gasteiger partial charge < -0.3 is 15.0 Å². The first-order valence-corrected chi connectivity index (χ1v) is 7.92. The molecule has 138 valence electrons. The van der Waals surface area contributed by atoms with Crippen LogP contribution in [-0.2, 0) is 13.1 Å². The lowest BCUT2D eigenvalue weighted by Crippen LogP contribution is -2.38. The molecule has 1 N–H and O–H groups in total. The molecule has 0 unspecified atom stereocenters. The van der Waals surface area contributed by atoms with E-state index in [1.807, 2.05) is 11.9 Å². The maximum absolute atomic E-state index is 13.8. The monoisotopic (exact) mass is 360 g/mol. The number of guanidine groups is 1. The predicted octanol–water partition coefficient (Wildman–Crippen LogP) is 2.95. The quantitative estimate of drug-likeness (QED) is 0.371. The van der Waals surface area contributed by atoms with Gasteiger partial charge in [-0.05, 0) is 23.3 Å². The van der Waals surface area contributed by atoms with Gasteiger partial charge in [0.05, 0.1) is 12.0 Å². The maximum Gasteiger partial charge on any atom is 0.269 e. The summed E-state index contributed by atoms with van der Waals surface area (Å²) in [6.07, 6.45) is 0. The summed E-state index contributed by atoms with van der Waals surface area (Å²) in [6.45, 7) is 0.825. The van der Waals surface area contributed by atoms with Crippen LogP contribution in [0.2, 0.25) is 0 Å². The number of methoxy groups -OCH3 is 1. The standard InChI is InChI=1S/C18H21FN4O3/c1-20-18(21-11-13-5-4-6-15(9-13)23(24)25)22(2)12-14-7-8-17(26-3)16(19)10-14/h4-10H,11-12H2,1-3H3,(H,20,21). The molecule has 2 aromatic rings. The van der Waals surface area contributed by atoms with Crippen molar-refractivity contribution in [3.8, 4) is 5.75 Å². The highest BCUT2D eigenvalue weighted by Crippen LogP contribution is 2.18. The van der Waals surface area contributed by atoms with Crippen molar-refractivity contribution < 1.29 is 14.1 Å². The van der Waals surface area contributed by atoms with E-state index in [2.05, 4.69) is 10.3 Å². The molecular weight excluding hydrogens is 339 g/mol. The Hall–Kier alpha value is -3.16. The Morgan fingerprint density at radius 2 is 2.08 bits per heavy atom. The Labute approximate surface area is 151 Å². The molecule has 0 bridgehead atoms. The van der Waals surface area contributed by atoms with Gasteiger partial charge in [-0.3, -0.25) is 15.1 Å². The smallest absolute Gasteiger partial charge is 0.269 e. The fourth-order valence-electron chi connectivity index (χ4n) is 2.50. The van der Waals surface area contributed by atoms with Crippen molar-refractivity contribution in [2.24, 2.45) is 4.99 Å². The van der Waals surface area contributed by atoms with Crippen LogP contribution in [0.5, 0.6) is 5.75 Å². The zero-order valence-electron chi connectivity index (χ0n) is 14.9.